The van der Waals surface area contributed by atoms with Gasteiger partial charge in [0.05, 0.1) is 6.54 Å². The molecule has 0 spiro atoms. The van der Waals surface area contributed by atoms with Crippen LogP contribution in [0.3, 0.4) is 0 Å². The van der Waals surface area contributed by atoms with Crippen molar-refractivity contribution < 1.29 is 4.79 Å². The summed E-state index contributed by atoms with van der Waals surface area (Å²) in [5.74, 6) is 0.215. The van der Waals surface area contributed by atoms with Crippen molar-refractivity contribution in [2.24, 2.45) is 0 Å². The monoisotopic (exact) mass is 273 g/mol. The van der Waals surface area contributed by atoms with Crippen LogP contribution in [0.5, 0.6) is 0 Å². The summed E-state index contributed by atoms with van der Waals surface area (Å²) < 4.78 is 0. The van der Waals surface area contributed by atoms with E-state index in [-0.39, 0.29) is 17.6 Å². The molecule has 1 aliphatic heterocycles. The molecular formula is C16H23N3O. The average molecular weight is 273 g/mol. The Labute approximate surface area is 120 Å². The number of hydrogen-bond donors (Lipinski definition) is 1. The zero-order valence-corrected chi connectivity index (χ0v) is 12.3. The molecule has 108 valence electrons. The van der Waals surface area contributed by atoms with Gasteiger partial charge in [0.15, 0.2) is 0 Å². The molecule has 3 rings (SSSR count). The van der Waals surface area contributed by atoms with E-state index in [1.54, 1.807) is 0 Å². The molecule has 1 unspecified atom stereocenters. The first-order valence-electron chi connectivity index (χ1n) is 7.38. The van der Waals surface area contributed by atoms with Gasteiger partial charge in [-0.3, -0.25) is 10.1 Å². The highest BCUT2D eigenvalue weighted by Gasteiger charge is 2.44. The number of nitrogens with one attached hydrogen (secondary N) is 1. The standard InChI is InChI=1S/C16H23N3O/c1-18(2)16(9-6-10-16)12-19-14(20)11-17-15(19)13-7-4-3-5-8-13/h3-5,7-8,15,17H,6,9-12H2,1-2H3. The Morgan fingerprint density at radius 1 is 1.30 bits per heavy atom. The van der Waals surface area contributed by atoms with Crippen LogP contribution in [0.15, 0.2) is 30.3 Å². The van der Waals surface area contributed by atoms with Crippen LogP contribution in [0, 0.1) is 0 Å². The third-order valence-electron chi connectivity index (χ3n) is 4.89. The summed E-state index contributed by atoms with van der Waals surface area (Å²) >= 11 is 0. The van der Waals surface area contributed by atoms with Gasteiger partial charge in [-0.2, -0.15) is 0 Å². The van der Waals surface area contributed by atoms with E-state index in [0.29, 0.717) is 6.54 Å². The molecule has 0 radical (unpaired) electrons. The van der Waals surface area contributed by atoms with Crippen LogP contribution in [0.25, 0.3) is 0 Å². The van der Waals surface area contributed by atoms with E-state index in [2.05, 4.69) is 36.4 Å². The normalized spacial score (nSPS) is 25.1. The van der Waals surface area contributed by atoms with E-state index in [9.17, 15) is 4.79 Å². The molecule has 2 aliphatic rings. The minimum atomic E-state index is 0.0288. The maximum absolute atomic E-state index is 12.2. The molecule has 4 heteroatoms. The highest BCUT2D eigenvalue weighted by Crippen LogP contribution is 2.38. The quantitative estimate of drug-likeness (QED) is 0.905. The Hall–Kier alpha value is -1.39. The Morgan fingerprint density at radius 3 is 2.55 bits per heavy atom. The molecule has 0 aromatic heterocycles. The highest BCUT2D eigenvalue weighted by molar-refractivity contribution is 5.81. The van der Waals surface area contributed by atoms with Crippen molar-refractivity contribution in [1.82, 2.24) is 15.1 Å². The summed E-state index contributed by atoms with van der Waals surface area (Å²) in [6.45, 7) is 1.27. The van der Waals surface area contributed by atoms with Gasteiger partial charge in [0.2, 0.25) is 5.91 Å². The number of hydrogen-bond acceptors (Lipinski definition) is 3. The molecule has 1 aromatic carbocycles. The number of likely N-dealkylation sites (N-methyl/N-ethyl adjacent to an activating group) is 1. The van der Waals surface area contributed by atoms with Crippen molar-refractivity contribution in [2.45, 2.75) is 31.0 Å². The van der Waals surface area contributed by atoms with Gasteiger partial charge in [0, 0.05) is 12.1 Å². The Balaban J connectivity index is 1.81. The van der Waals surface area contributed by atoms with Crippen LogP contribution < -0.4 is 5.32 Å². The van der Waals surface area contributed by atoms with Crippen molar-refractivity contribution in [2.75, 3.05) is 27.2 Å². The first-order valence-corrected chi connectivity index (χ1v) is 7.38. The van der Waals surface area contributed by atoms with Gasteiger partial charge in [0.1, 0.15) is 6.17 Å². The summed E-state index contributed by atoms with van der Waals surface area (Å²) in [6.07, 6.45) is 3.67. The van der Waals surface area contributed by atoms with Crippen LogP contribution in [-0.4, -0.2) is 48.4 Å². The third kappa shape index (κ3) is 2.23. The molecular weight excluding hydrogens is 250 g/mol. The molecule has 1 saturated heterocycles. The molecule has 1 amide bonds. The highest BCUT2D eigenvalue weighted by atomic mass is 16.2. The maximum Gasteiger partial charge on any atom is 0.238 e. The van der Waals surface area contributed by atoms with Gasteiger partial charge >= 0.3 is 0 Å². The lowest BCUT2D eigenvalue weighted by atomic mass is 9.75. The van der Waals surface area contributed by atoms with E-state index in [1.165, 1.54) is 24.8 Å². The molecule has 1 aromatic rings. The SMILES string of the molecule is CN(C)C1(CN2C(=O)CNC2c2ccccc2)CCC1. The van der Waals surface area contributed by atoms with Gasteiger partial charge in [-0.1, -0.05) is 30.3 Å². The van der Waals surface area contributed by atoms with Crippen LogP contribution >= 0.6 is 0 Å². The van der Waals surface area contributed by atoms with Crippen molar-refractivity contribution in [1.29, 1.82) is 0 Å². The van der Waals surface area contributed by atoms with Gasteiger partial charge in [0.25, 0.3) is 0 Å². The number of nitrogens with zero attached hydrogens (tertiary/aromatic N) is 2. The molecule has 1 saturated carbocycles. The summed E-state index contributed by atoms with van der Waals surface area (Å²) in [4.78, 5) is 16.6. The maximum atomic E-state index is 12.2. The number of rotatable bonds is 4. The van der Waals surface area contributed by atoms with Crippen molar-refractivity contribution in [3.8, 4) is 0 Å². The molecule has 1 atom stereocenters. The van der Waals surface area contributed by atoms with Crippen molar-refractivity contribution >= 4 is 5.91 Å². The molecule has 1 aliphatic carbocycles. The van der Waals surface area contributed by atoms with Crippen LogP contribution in [0.4, 0.5) is 0 Å². The lowest BCUT2D eigenvalue weighted by Crippen LogP contribution is -2.58. The minimum absolute atomic E-state index is 0.0288. The number of amides is 1. The number of carbonyl (C=O) groups excluding carboxylic acids is 1. The molecule has 0 bridgehead atoms. The van der Waals surface area contributed by atoms with Crippen LogP contribution in [0.1, 0.15) is 31.0 Å². The summed E-state index contributed by atoms with van der Waals surface area (Å²) in [7, 11) is 4.26. The Morgan fingerprint density at radius 2 is 2.00 bits per heavy atom. The van der Waals surface area contributed by atoms with E-state index in [0.717, 1.165) is 6.54 Å². The first-order chi connectivity index (χ1) is 9.62. The van der Waals surface area contributed by atoms with E-state index >= 15 is 0 Å². The van der Waals surface area contributed by atoms with E-state index in [1.807, 2.05) is 23.1 Å². The van der Waals surface area contributed by atoms with Crippen molar-refractivity contribution in [3.63, 3.8) is 0 Å². The lowest BCUT2D eigenvalue weighted by molar-refractivity contribution is -0.131. The fourth-order valence-corrected chi connectivity index (χ4v) is 3.30. The summed E-state index contributed by atoms with van der Waals surface area (Å²) in [6, 6.07) is 10.3. The largest absolute Gasteiger partial charge is 0.320 e. The fourth-order valence-electron chi connectivity index (χ4n) is 3.30. The Kier molecular flexibility index (Phi) is 3.52. The second-order valence-electron chi connectivity index (χ2n) is 6.19. The zero-order chi connectivity index (χ0) is 14.2. The summed E-state index contributed by atoms with van der Waals surface area (Å²) in [5.41, 5.74) is 1.35. The lowest BCUT2D eigenvalue weighted by Gasteiger charge is -2.50. The molecule has 2 fully saturated rings. The van der Waals surface area contributed by atoms with E-state index < -0.39 is 0 Å². The average Bonchev–Trinajstić information content (AvgIpc) is 2.75. The molecule has 1 heterocycles. The van der Waals surface area contributed by atoms with Crippen LogP contribution in [0.2, 0.25) is 0 Å². The molecule has 4 nitrogen and oxygen atoms in total. The van der Waals surface area contributed by atoms with Gasteiger partial charge in [-0.15, -0.1) is 0 Å². The topological polar surface area (TPSA) is 35.6 Å². The first kappa shape index (κ1) is 13.6. The molecule has 1 N–H and O–H groups in total. The number of benzene rings is 1. The summed E-state index contributed by atoms with van der Waals surface area (Å²) in [5, 5.41) is 3.34. The second kappa shape index (κ2) is 5.19. The van der Waals surface area contributed by atoms with E-state index in [4.69, 9.17) is 0 Å². The smallest absolute Gasteiger partial charge is 0.238 e. The van der Waals surface area contributed by atoms with Crippen LogP contribution in [-0.2, 0) is 4.79 Å². The van der Waals surface area contributed by atoms with Crippen molar-refractivity contribution in [3.05, 3.63) is 35.9 Å². The predicted molar refractivity (Wildman–Crippen MR) is 79.2 cm³/mol. The molecule has 20 heavy (non-hydrogen) atoms. The van der Waals surface area contributed by atoms with Gasteiger partial charge in [-0.05, 0) is 38.9 Å². The van der Waals surface area contributed by atoms with Gasteiger partial charge < -0.3 is 9.80 Å². The Bertz CT molecular complexity index is 482. The second-order valence-corrected chi connectivity index (χ2v) is 6.19. The number of carbonyl (C=O) groups is 1. The third-order valence-corrected chi connectivity index (χ3v) is 4.89. The zero-order valence-electron chi connectivity index (χ0n) is 12.3. The van der Waals surface area contributed by atoms with Gasteiger partial charge in [-0.25, -0.2) is 0 Å². The minimum Gasteiger partial charge on any atom is -0.320 e. The predicted octanol–water partition coefficient (Wildman–Crippen LogP) is 1.60. The fraction of sp³-hybridized carbons (Fsp3) is 0.562.